The highest BCUT2D eigenvalue weighted by atomic mass is 19.3. The summed E-state index contributed by atoms with van der Waals surface area (Å²) in [6.45, 7) is 7.94. The average Bonchev–Trinajstić information content (AvgIpc) is 4.17. The number of fused-ring (bicyclic) bond motifs is 2. The van der Waals surface area contributed by atoms with Gasteiger partial charge in [0.25, 0.3) is 6.43 Å². The molecule has 3 aliphatic rings. The fourth-order valence-electron chi connectivity index (χ4n) is 9.91. The number of imidazole rings is 2. The number of rotatable bonds is 14. The first-order chi connectivity index (χ1) is 31.7. The molecule has 3 aromatic carbocycles. The van der Waals surface area contributed by atoms with Gasteiger partial charge in [-0.1, -0.05) is 39.8 Å². The number of benzene rings is 3. The highest BCUT2D eigenvalue weighted by Crippen LogP contribution is 2.48. The molecule has 352 valence electrons. The zero-order valence-electron chi connectivity index (χ0n) is 38.2. The number of aromatic amines is 2. The summed E-state index contributed by atoms with van der Waals surface area (Å²) >= 11 is 0. The molecule has 3 fully saturated rings. The minimum Gasteiger partial charge on any atom is -0.488 e. The minimum absolute atomic E-state index is 0.0849. The highest BCUT2D eigenvalue weighted by Gasteiger charge is 2.40. The standard InChI is InChI=1S/C48H59F2N9O7/c1-26(2)41(55-47(62)64-5)45(60)57-21-7-9-38(57)43-51-32-17-11-28(23-34(32)53-43)36-19-20-37(59(36)30-13-15-31(16-14-30)66-25-40(49)50)29-12-18-33-35(24-29)54-44(52-33)39-10-8-22-58(39)46(61)42(27(3)4)56-48(63)65-6/h11-18,23-24,26-27,36-42H,7-10,19-22,25H2,1-6H3,(H,51,53)(H,52,54)(H,55,62)(H,56,63)/t36-,37-,38+,39+,41+,42?/m1/s1. The molecule has 66 heavy (non-hydrogen) atoms. The summed E-state index contributed by atoms with van der Waals surface area (Å²) in [6.07, 6.45) is 0.747. The van der Waals surface area contributed by atoms with E-state index < -0.39 is 37.3 Å². The molecule has 16 nitrogen and oxygen atoms in total. The molecule has 4 amide bonds. The first-order valence-corrected chi connectivity index (χ1v) is 22.8. The number of nitrogens with one attached hydrogen (secondary N) is 4. The van der Waals surface area contributed by atoms with Crippen LogP contribution in [0.2, 0.25) is 0 Å². The van der Waals surface area contributed by atoms with E-state index >= 15 is 0 Å². The first kappa shape index (κ1) is 46.1. The number of amides is 4. The Hall–Kier alpha value is -6.46. The molecule has 8 rings (SSSR count). The molecule has 5 aromatic rings. The van der Waals surface area contributed by atoms with E-state index in [0.717, 1.165) is 77.4 Å². The molecule has 2 aromatic heterocycles. The SMILES string of the molecule is COC(=O)NC(C(=O)N1CCC[C@H]1c1nc2ccc([C@H]3CC[C@H](c4ccc5nc([C@@H]6CCCN6C(=O)[C@@H](NC(=O)OC)C(C)C)[nH]c5c4)N3c3ccc(OCC(F)F)cc3)cc2[nH]1)C(C)C. The predicted molar refractivity (Wildman–Crippen MR) is 243 cm³/mol. The van der Waals surface area contributed by atoms with Gasteiger partial charge in [0, 0.05) is 18.8 Å². The van der Waals surface area contributed by atoms with Crippen LogP contribution in [0.1, 0.15) is 113 Å². The van der Waals surface area contributed by atoms with Crippen molar-refractivity contribution < 1.29 is 42.2 Å². The molecule has 0 radical (unpaired) electrons. The molecule has 0 aliphatic carbocycles. The van der Waals surface area contributed by atoms with Gasteiger partial charge in [-0.3, -0.25) is 9.59 Å². The fourth-order valence-corrected chi connectivity index (χ4v) is 9.91. The third-order valence-corrected chi connectivity index (χ3v) is 13.2. The maximum atomic E-state index is 13.9. The predicted octanol–water partition coefficient (Wildman–Crippen LogP) is 8.25. The van der Waals surface area contributed by atoms with Gasteiger partial charge in [-0.2, -0.15) is 0 Å². The summed E-state index contributed by atoms with van der Waals surface area (Å²) in [5.41, 5.74) is 6.20. The highest BCUT2D eigenvalue weighted by molar-refractivity contribution is 5.87. The van der Waals surface area contributed by atoms with E-state index in [0.29, 0.717) is 30.5 Å². The van der Waals surface area contributed by atoms with Crippen LogP contribution in [0, 0.1) is 11.8 Å². The lowest BCUT2D eigenvalue weighted by molar-refractivity contribution is -0.136. The average molecular weight is 912 g/mol. The van der Waals surface area contributed by atoms with E-state index in [9.17, 15) is 28.0 Å². The van der Waals surface area contributed by atoms with Crippen LogP contribution in [0.4, 0.5) is 24.1 Å². The van der Waals surface area contributed by atoms with E-state index in [4.69, 9.17) is 24.2 Å². The van der Waals surface area contributed by atoms with Gasteiger partial charge >= 0.3 is 12.2 Å². The van der Waals surface area contributed by atoms with Gasteiger partial charge in [0.15, 0.2) is 0 Å². The number of H-pyrrole nitrogens is 2. The monoisotopic (exact) mass is 911 g/mol. The summed E-state index contributed by atoms with van der Waals surface area (Å²) in [4.78, 5) is 75.0. The second kappa shape index (κ2) is 19.6. The number of aromatic nitrogens is 4. The Morgan fingerprint density at radius 2 is 1.12 bits per heavy atom. The summed E-state index contributed by atoms with van der Waals surface area (Å²) in [5.74, 6) is 1.05. The van der Waals surface area contributed by atoms with Gasteiger partial charge in [0.05, 0.1) is 60.5 Å². The van der Waals surface area contributed by atoms with Gasteiger partial charge in [0.1, 0.15) is 36.1 Å². The summed E-state index contributed by atoms with van der Waals surface area (Å²) in [5, 5.41) is 5.42. The van der Waals surface area contributed by atoms with Crippen LogP contribution in [0.25, 0.3) is 22.1 Å². The van der Waals surface area contributed by atoms with Gasteiger partial charge < -0.3 is 49.5 Å². The Morgan fingerprint density at radius 3 is 1.53 bits per heavy atom. The molecule has 5 heterocycles. The molecule has 0 bridgehead atoms. The van der Waals surface area contributed by atoms with Crippen molar-refractivity contribution in [3.05, 3.63) is 83.4 Å². The summed E-state index contributed by atoms with van der Waals surface area (Å²) in [7, 11) is 2.55. The van der Waals surface area contributed by atoms with Crippen LogP contribution in [0.15, 0.2) is 60.7 Å². The van der Waals surface area contributed by atoms with Crippen molar-refractivity contribution in [2.45, 2.75) is 109 Å². The van der Waals surface area contributed by atoms with Crippen LogP contribution >= 0.6 is 0 Å². The molecular weight excluding hydrogens is 853 g/mol. The van der Waals surface area contributed by atoms with Crippen LogP contribution in [-0.2, 0) is 19.1 Å². The van der Waals surface area contributed by atoms with E-state index in [1.807, 2.05) is 52.0 Å². The molecule has 3 saturated heterocycles. The number of hydrogen-bond donors (Lipinski definition) is 4. The van der Waals surface area contributed by atoms with Crippen molar-refractivity contribution in [2.75, 3.05) is 38.8 Å². The summed E-state index contributed by atoms with van der Waals surface area (Å²) in [6, 6.07) is 17.4. The van der Waals surface area contributed by atoms with Gasteiger partial charge in [-0.05, 0) is 110 Å². The molecule has 6 atom stereocenters. The number of methoxy groups -OCH3 is 2. The maximum Gasteiger partial charge on any atom is 0.407 e. The van der Waals surface area contributed by atoms with Gasteiger partial charge in [0.2, 0.25) is 11.8 Å². The fraction of sp³-hybridized carbons (Fsp3) is 0.500. The normalized spacial score (nSPS) is 20.7. The second-order valence-electron chi connectivity index (χ2n) is 18.1. The number of alkyl carbamates (subject to hydrolysis) is 2. The van der Waals surface area contributed by atoms with E-state index in [1.165, 1.54) is 14.2 Å². The van der Waals surface area contributed by atoms with E-state index in [2.05, 4.69) is 49.8 Å². The molecule has 3 aliphatic heterocycles. The summed E-state index contributed by atoms with van der Waals surface area (Å²) < 4.78 is 41.0. The Bertz CT molecular complexity index is 2400. The minimum atomic E-state index is -2.59. The quantitative estimate of drug-likeness (QED) is 0.0845. The van der Waals surface area contributed by atoms with Crippen molar-refractivity contribution in [3.63, 3.8) is 0 Å². The van der Waals surface area contributed by atoms with Crippen LogP contribution in [0.3, 0.4) is 0 Å². The molecule has 4 N–H and O–H groups in total. The van der Waals surface area contributed by atoms with Crippen LogP contribution < -0.4 is 20.3 Å². The number of anilines is 1. The van der Waals surface area contributed by atoms with Crippen molar-refractivity contribution in [2.24, 2.45) is 11.8 Å². The van der Waals surface area contributed by atoms with Crippen molar-refractivity contribution in [1.29, 1.82) is 0 Å². The van der Waals surface area contributed by atoms with E-state index in [-0.39, 0.29) is 47.8 Å². The Kier molecular flexibility index (Phi) is 13.7. The zero-order chi connectivity index (χ0) is 46.8. The van der Waals surface area contributed by atoms with E-state index in [1.54, 1.807) is 21.9 Å². The second-order valence-corrected chi connectivity index (χ2v) is 18.1. The third kappa shape index (κ3) is 9.45. The number of hydrogen-bond acceptors (Lipinski definition) is 10. The number of carbonyl (C=O) groups is 4. The van der Waals surface area contributed by atoms with Crippen molar-refractivity contribution in [3.8, 4) is 5.75 Å². The smallest absolute Gasteiger partial charge is 0.407 e. The topological polar surface area (TPSA) is 187 Å². The molecule has 1 unspecified atom stereocenters. The lowest BCUT2D eigenvalue weighted by Crippen LogP contribution is -2.51. The molecular formula is C48H59F2N9O7. The number of likely N-dealkylation sites (tertiary alicyclic amines) is 2. The Balaban J connectivity index is 1.08. The number of nitrogens with zero attached hydrogens (tertiary/aromatic N) is 5. The maximum absolute atomic E-state index is 13.9. The zero-order valence-corrected chi connectivity index (χ0v) is 38.2. The van der Waals surface area contributed by atoms with Gasteiger partial charge in [-0.25, -0.2) is 28.3 Å². The molecule has 18 heteroatoms. The van der Waals surface area contributed by atoms with Crippen molar-refractivity contribution >= 4 is 51.8 Å². The van der Waals surface area contributed by atoms with Crippen molar-refractivity contribution in [1.82, 2.24) is 40.4 Å². The number of carbonyl (C=O) groups excluding carboxylic acids is 4. The van der Waals surface area contributed by atoms with Crippen LogP contribution in [-0.4, -0.2) is 106 Å². The third-order valence-electron chi connectivity index (χ3n) is 13.2. The molecule has 0 saturated carbocycles. The lowest BCUT2D eigenvalue weighted by atomic mass is 10.0. The first-order valence-electron chi connectivity index (χ1n) is 22.8. The number of alkyl halides is 2. The number of ether oxygens (including phenoxy) is 3. The Labute approximate surface area is 382 Å². The Morgan fingerprint density at radius 1 is 0.667 bits per heavy atom. The molecule has 0 spiro atoms. The lowest BCUT2D eigenvalue weighted by Gasteiger charge is -2.33. The van der Waals surface area contributed by atoms with Crippen LogP contribution in [0.5, 0.6) is 5.75 Å². The van der Waals surface area contributed by atoms with Gasteiger partial charge in [-0.15, -0.1) is 0 Å². The number of halogens is 2. The largest absolute Gasteiger partial charge is 0.488 e.